The maximum atomic E-state index is 10.6. The highest BCUT2D eigenvalue weighted by Crippen LogP contribution is 2.08. The number of furan rings is 1. The highest BCUT2D eigenvalue weighted by Gasteiger charge is 2.08. The molecule has 0 aliphatic rings. The van der Waals surface area contributed by atoms with Crippen LogP contribution in [-0.4, -0.2) is 11.1 Å². The minimum atomic E-state index is -1.04. The van der Waals surface area contributed by atoms with Crippen molar-refractivity contribution >= 4 is 5.97 Å². The molecule has 18 heavy (non-hydrogen) atoms. The third-order valence-corrected chi connectivity index (χ3v) is 2.58. The Kier molecular flexibility index (Phi) is 3.79. The average Bonchev–Trinajstić information content (AvgIpc) is 2.78. The second kappa shape index (κ2) is 5.51. The van der Waals surface area contributed by atoms with Gasteiger partial charge in [0, 0.05) is 6.54 Å². The Labute approximate surface area is 105 Å². The molecule has 0 saturated carbocycles. The number of aryl methyl sites for hydroxylation is 1. The molecule has 1 aromatic carbocycles. The van der Waals surface area contributed by atoms with Crippen molar-refractivity contribution in [1.82, 2.24) is 5.32 Å². The first-order chi connectivity index (χ1) is 8.65. The summed E-state index contributed by atoms with van der Waals surface area (Å²) >= 11 is 0. The van der Waals surface area contributed by atoms with E-state index in [0.29, 0.717) is 12.3 Å². The number of hydrogen-bond donors (Lipinski definition) is 2. The van der Waals surface area contributed by atoms with Crippen LogP contribution in [-0.2, 0) is 13.1 Å². The van der Waals surface area contributed by atoms with Gasteiger partial charge in [-0.15, -0.1) is 0 Å². The van der Waals surface area contributed by atoms with Crippen molar-refractivity contribution in [3.05, 3.63) is 59.0 Å². The summed E-state index contributed by atoms with van der Waals surface area (Å²) in [5.41, 5.74) is 2.42. The summed E-state index contributed by atoms with van der Waals surface area (Å²) in [7, 11) is 0. The molecular weight excluding hydrogens is 230 g/mol. The van der Waals surface area contributed by atoms with Gasteiger partial charge in [0.1, 0.15) is 5.76 Å². The van der Waals surface area contributed by atoms with Crippen LogP contribution in [0.4, 0.5) is 0 Å². The highest BCUT2D eigenvalue weighted by molar-refractivity contribution is 5.84. The Morgan fingerprint density at radius 3 is 2.78 bits per heavy atom. The van der Waals surface area contributed by atoms with Gasteiger partial charge in [-0.25, -0.2) is 4.79 Å². The molecule has 4 nitrogen and oxygen atoms in total. The molecule has 1 heterocycles. The van der Waals surface area contributed by atoms with Crippen molar-refractivity contribution in [1.29, 1.82) is 0 Å². The molecule has 94 valence electrons. The first kappa shape index (κ1) is 12.4. The molecule has 0 unspecified atom stereocenters. The number of carbonyl (C=O) groups is 1. The molecule has 2 aromatic rings. The van der Waals surface area contributed by atoms with E-state index >= 15 is 0 Å². The standard InChI is InChI=1S/C14H15NO3/c1-10-3-2-4-11(7-10)8-15-9-12-5-6-13(18-12)14(16)17/h2-7,15H,8-9H2,1H3,(H,16,17). The SMILES string of the molecule is Cc1cccc(CNCc2ccc(C(=O)O)o2)c1. The summed E-state index contributed by atoms with van der Waals surface area (Å²) in [6.07, 6.45) is 0. The second-order valence-corrected chi connectivity index (χ2v) is 4.16. The molecule has 0 atom stereocenters. The highest BCUT2D eigenvalue weighted by atomic mass is 16.4. The van der Waals surface area contributed by atoms with Gasteiger partial charge >= 0.3 is 5.97 Å². The Balaban J connectivity index is 1.86. The largest absolute Gasteiger partial charge is 0.475 e. The van der Waals surface area contributed by atoms with E-state index in [1.165, 1.54) is 17.2 Å². The van der Waals surface area contributed by atoms with E-state index in [9.17, 15) is 4.79 Å². The molecule has 0 saturated heterocycles. The van der Waals surface area contributed by atoms with Crippen LogP contribution in [0.15, 0.2) is 40.8 Å². The maximum Gasteiger partial charge on any atom is 0.371 e. The van der Waals surface area contributed by atoms with E-state index in [1.807, 2.05) is 12.1 Å². The summed E-state index contributed by atoms with van der Waals surface area (Å²) in [6, 6.07) is 11.4. The summed E-state index contributed by atoms with van der Waals surface area (Å²) in [5, 5.41) is 11.9. The molecule has 2 rings (SSSR count). The topological polar surface area (TPSA) is 62.5 Å². The zero-order chi connectivity index (χ0) is 13.0. The molecule has 0 aliphatic carbocycles. The lowest BCUT2D eigenvalue weighted by Crippen LogP contribution is -2.12. The first-order valence-electron chi connectivity index (χ1n) is 5.73. The van der Waals surface area contributed by atoms with Gasteiger partial charge in [-0.2, -0.15) is 0 Å². The molecule has 1 aromatic heterocycles. The van der Waals surface area contributed by atoms with Crippen molar-refractivity contribution in [2.45, 2.75) is 20.0 Å². The molecule has 0 spiro atoms. The molecule has 2 N–H and O–H groups in total. The monoisotopic (exact) mass is 245 g/mol. The van der Waals surface area contributed by atoms with Crippen LogP contribution in [0.2, 0.25) is 0 Å². The molecule has 0 amide bonds. The number of benzene rings is 1. The molecule has 4 heteroatoms. The zero-order valence-corrected chi connectivity index (χ0v) is 10.1. The van der Waals surface area contributed by atoms with Crippen LogP contribution in [0.3, 0.4) is 0 Å². The number of carboxylic acids is 1. The first-order valence-corrected chi connectivity index (χ1v) is 5.73. The smallest absolute Gasteiger partial charge is 0.371 e. The maximum absolute atomic E-state index is 10.6. The van der Waals surface area contributed by atoms with Crippen molar-refractivity contribution in [3.8, 4) is 0 Å². The molecule has 0 aliphatic heterocycles. The fraction of sp³-hybridized carbons (Fsp3) is 0.214. The van der Waals surface area contributed by atoms with E-state index in [2.05, 4.69) is 24.4 Å². The van der Waals surface area contributed by atoms with Gasteiger partial charge in [0.15, 0.2) is 0 Å². The minimum absolute atomic E-state index is 0.0256. The van der Waals surface area contributed by atoms with Crippen LogP contribution in [0.1, 0.15) is 27.4 Å². The van der Waals surface area contributed by atoms with Crippen molar-refractivity contribution < 1.29 is 14.3 Å². The summed E-state index contributed by atoms with van der Waals surface area (Å²) in [6.45, 7) is 3.29. The van der Waals surface area contributed by atoms with Crippen molar-refractivity contribution in [2.75, 3.05) is 0 Å². The Morgan fingerprint density at radius 2 is 2.11 bits per heavy atom. The van der Waals surface area contributed by atoms with E-state index in [-0.39, 0.29) is 5.76 Å². The van der Waals surface area contributed by atoms with Crippen LogP contribution < -0.4 is 5.32 Å². The van der Waals surface area contributed by atoms with Gasteiger partial charge < -0.3 is 14.8 Å². The van der Waals surface area contributed by atoms with E-state index < -0.39 is 5.97 Å². The van der Waals surface area contributed by atoms with E-state index in [0.717, 1.165) is 6.54 Å². The van der Waals surface area contributed by atoms with Crippen LogP contribution in [0.25, 0.3) is 0 Å². The van der Waals surface area contributed by atoms with Crippen LogP contribution in [0, 0.1) is 6.92 Å². The number of nitrogens with one attached hydrogen (secondary N) is 1. The van der Waals surface area contributed by atoms with Crippen molar-refractivity contribution in [2.24, 2.45) is 0 Å². The molecular formula is C14H15NO3. The quantitative estimate of drug-likeness (QED) is 0.849. The third-order valence-electron chi connectivity index (χ3n) is 2.58. The van der Waals surface area contributed by atoms with Crippen LogP contribution >= 0.6 is 0 Å². The lowest BCUT2D eigenvalue weighted by molar-refractivity contribution is 0.0660. The normalized spacial score (nSPS) is 10.5. The number of hydrogen-bond acceptors (Lipinski definition) is 3. The van der Waals surface area contributed by atoms with Gasteiger partial charge in [0.05, 0.1) is 6.54 Å². The Bertz CT molecular complexity index is 545. The number of carboxylic acid groups (broad SMARTS) is 1. The summed E-state index contributed by atoms with van der Waals surface area (Å²) in [4.78, 5) is 10.6. The van der Waals surface area contributed by atoms with Gasteiger partial charge in [0.25, 0.3) is 0 Å². The fourth-order valence-electron chi connectivity index (χ4n) is 1.74. The van der Waals surface area contributed by atoms with Gasteiger partial charge in [-0.3, -0.25) is 0 Å². The number of aromatic carboxylic acids is 1. The van der Waals surface area contributed by atoms with Gasteiger partial charge in [-0.05, 0) is 24.6 Å². The molecule has 0 fully saturated rings. The van der Waals surface area contributed by atoms with Gasteiger partial charge in [0.2, 0.25) is 5.76 Å². The summed E-state index contributed by atoms with van der Waals surface area (Å²) in [5.74, 6) is -0.442. The second-order valence-electron chi connectivity index (χ2n) is 4.16. The number of rotatable bonds is 5. The van der Waals surface area contributed by atoms with Crippen LogP contribution in [0.5, 0.6) is 0 Å². The Morgan fingerprint density at radius 1 is 1.28 bits per heavy atom. The van der Waals surface area contributed by atoms with E-state index in [1.54, 1.807) is 6.07 Å². The lowest BCUT2D eigenvalue weighted by atomic mass is 10.1. The van der Waals surface area contributed by atoms with Gasteiger partial charge in [-0.1, -0.05) is 29.8 Å². The predicted octanol–water partition coefficient (Wildman–Crippen LogP) is 2.58. The molecule has 0 radical (unpaired) electrons. The lowest BCUT2D eigenvalue weighted by Gasteiger charge is -2.03. The average molecular weight is 245 g/mol. The predicted molar refractivity (Wildman–Crippen MR) is 67.4 cm³/mol. The Hall–Kier alpha value is -2.07. The van der Waals surface area contributed by atoms with Crippen molar-refractivity contribution in [3.63, 3.8) is 0 Å². The van der Waals surface area contributed by atoms with E-state index in [4.69, 9.17) is 9.52 Å². The third kappa shape index (κ3) is 3.21. The zero-order valence-electron chi connectivity index (χ0n) is 10.1. The fourth-order valence-corrected chi connectivity index (χ4v) is 1.74. The molecule has 0 bridgehead atoms. The summed E-state index contributed by atoms with van der Waals surface area (Å²) < 4.78 is 5.14. The minimum Gasteiger partial charge on any atom is -0.475 e.